The molecule has 0 aliphatic carbocycles. The fraction of sp³-hybridized carbons (Fsp3) is 0.222. The van der Waals surface area contributed by atoms with E-state index in [4.69, 9.17) is 4.42 Å². The van der Waals surface area contributed by atoms with Crippen LogP contribution in [0.4, 0.5) is 0 Å². The first-order valence-electron chi connectivity index (χ1n) is 3.43. The van der Waals surface area contributed by atoms with Gasteiger partial charge in [0.05, 0.1) is 6.26 Å². The van der Waals surface area contributed by atoms with E-state index in [1.165, 1.54) is 13.0 Å². The number of carbonyl (C=O) groups excluding carboxylic acids is 1. The largest absolute Gasteiger partial charge is 0.469 e. The van der Waals surface area contributed by atoms with Gasteiger partial charge in [-0.05, 0) is 32.1 Å². The molecule has 0 aromatic carbocycles. The summed E-state index contributed by atoms with van der Waals surface area (Å²) in [6.07, 6.45) is 4.88. The topological polar surface area (TPSA) is 30.2 Å². The minimum Gasteiger partial charge on any atom is -0.469 e. The third-order valence-corrected chi connectivity index (χ3v) is 1.40. The molecule has 1 aromatic rings. The minimum atomic E-state index is 0.0469. The number of hydrogen-bond donors (Lipinski definition) is 0. The zero-order valence-corrected chi connectivity index (χ0v) is 6.63. The van der Waals surface area contributed by atoms with Gasteiger partial charge in [0.1, 0.15) is 5.76 Å². The smallest absolute Gasteiger partial charge is 0.152 e. The van der Waals surface area contributed by atoms with Gasteiger partial charge in [-0.2, -0.15) is 0 Å². The monoisotopic (exact) mass is 150 g/mol. The SMILES string of the molecule is CC(=O)/C=C/c1ccoc1C. The van der Waals surface area contributed by atoms with Gasteiger partial charge in [-0.15, -0.1) is 0 Å². The van der Waals surface area contributed by atoms with Crippen LogP contribution in [0.25, 0.3) is 6.08 Å². The Hall–Kier alpha value is -1.31. The molecular weight excluding hydrogens is 140 g/mol. The molecule has 2 heteroatoms. The number of aryl methyl sites for hydroxylation is 1. The van der Waals surface area contributed by atoms with Crippen molar-refractivity contribution < 1.29 is 9.21 Å². The van der Waals surface area contributed by atoms with E-state index in [1.807, 2.05) is 13.0 Å². The number of rotatable bonds is 2. The molecule has 0 atom stereocenters. The van der Waals surface area contributed by atoms with E-state index in [1.54, 1.807) is 12.3 Å². The highest BCUT2D eigenvalue weighted by Crippen LogP contribution is 2.09. The van der Waals surface area contributed by atoms with Crippen LogP contribution in [-0.4, -0.2) is 5.78 Å². The molecule has 0 aliphatic rings. The number of ketones is 1. The molecule has 0 spiro atoms. The van der Waals surface area contributed by atoms with Gasteiger partial charge in [0.25, 0.3) is 0 Å². The van der Waals surface area contributed by atoms with Crippen LogP contribution in [0.2, 0.25) is 0 Å². The van der Waals surface area contributed by atoms with E-state index < -0.39 is 0 Å². The van der Waals surface area contributed by atoms with Gasteiger partial charge in [-0.3, -0.25) is 4.79 Å². The Morgan fingerprint density at radius 2 is 2.36 bits per heavy atom. The maximum atomic E-state index is 10.5. The average molecular weight is 150 g/mol. The Bertz CT molecular complexity index is 282. The lowest BCUT2D eigenvalue weighted by atomic mass is 10.2. The molecule has 0 radical (unpaired) electrons. The van der Waals surface area contributed by atoms with Crippen LogP contribution < -0.4 is 0 Å². The summed E-state index contributed by atoms with van der Waals surface area (Å²) in [6, 6.07) is 1.83. The van der Waals surface area contributed by atoms with Gasteiger partial charge in [0.15, 0.2) is 5.78 Å². The second kappa shape index (κ2) is 3.19. The molecule has 1 heterocycles. The normalized spacial score (nSPS) is 10.7. The first-order chi connectivity index (χ1) is 5.20. The molecule has 0 saturated heterocycles. The molecule has 1 aromatic heterocycles. The van der Waals surface area contributed by atoms with Crippen molar-refractivity contribution >= 4 is 11.9 Å². The Morgan fingerprint density at radius 3 is 2.82 bits per heavy atom. The predicted molar refractivity (Wildman–Crippen MR) is 43.2 cm³/mol. The number of allylic oxidation sites excluding steroid dienone is 1. The quantitative estimate of drug-likeness (QED) is 0.605. The average Bonchev–Trinajstić information content (AvgIpc) is 2.31. The Balaban J connectivity index is 2.79. The molecule has 11 heavy (non-hydrogen) atoms. The summed E-state index contributed by atoms with van der Waals surface area (Å²) in [5, 5.41) is 0. The zero-order valence-electron chi connectivity index (χ0n) is 6.63. The first-order valence-corrected chi connectivity index (χ1v) is 3.43. The van der Waals surface area contributed by atoms with E-state index in [0.717, 1.165) is 11.3 Å². The Kier molecular flexibility index (Phi) is 2.26. The summed E-state index contributed by atoms with van der Waals surface area (Å²) in [4.78, 5) is 10.5. The lowest BCUT2D eigenvalue weighted by Crippen LogP contribution is -1.79. The summed E-state index contributed by atoms with van der Waals surface area (Å²) in [5.74, 6) is 0.883. The first kappa shape index (κ1) is 7.79. The van der Waals surface area contributed by atoms with E-state index in [2.05, 4.69) is 0 Å². The summed E-state index contributed by atoms with van der Waals surface area (Å²) in [6.45, 7) is 3.38. The Morgan fingerprint density at radius 1 is 1.64 bits per heavy atom. The fourth-order valence-corrected chi connectivity index (χ4v) is 0.775. The van der Waals surface area contributed by atoms with Crippen LogP contribution in [0.15, 0.2) is 22.8 Å². The Labute approximate surface area is 65.5 Å². The van der Waals surface area contributed by atoms with Crippen molar-refractivity contribution in [3.05, 3.63) is 29.7 Å². The van der Waals surface area contributed by atoms with Gasteiger partial charge in [-0.25, -0.2) is 0 Å². The third-order valence-electron chi connectivity index (χ3n) is 1.40. The van der Waals surface area contributed by atoms with Gasteiger partial charge in [0, 0.05) is 5.56 Å². The molecule has 58 valence electrons. The van der Waals surface area contributed by atoms with Gasteiger partial charge >= 0.3 is 0 Å². The third kappa shape index (κ3) is 2.08. The number of hydrogen-bond acceptors (Lipinski definition) is 2. The summed E-state index contributed by atoms with van der Waals surface area (Å²) in [5.41, 5.74) is 0.959. The van der Waals surface area contributed by atoms with Crippen molar-refractivity contribution in [2.24, 2.45) is 0 Å². The maximum absolute atomic E-state index is 10.5. The number of carbonyl (C=O) groups is 1. The van der Waals surface area contributed by atoms with Crippen molar-refractivity contribution in [3.8, 4) is 0 Å². The lowest BCUT2D eigenvalue weighted by Gasteiger charge is -1.85. The molecule has 0 aliphatic heterocycles. The van der Waals surface area contributed by atoms with Crippen LogP contribution in [-0.2, 0) is 4.79 Å². The van der Waals surface area contributed by atoms with Crippen molar-refractivity contribution in [2.75, 3.05) is 0 Å². The summed E-state index contributed by atoms with van der Waals surface area (Å²) < 4.78 is 5.03. The van der Waals surface area contributed by atoms with Crippen molar-refractivity contribution in [1.29, 1.82) is 0 Å². The molecule has 0 bridgehead atoms. The fourth-order valence-electron chi connectivity index (χ4n) is 0.775. The second-order valence-corrected chi connectivity index (χ2v) is 2.38. The highest BCUT2D eigenvalue weighted by molar-refractivity contribution is 5.91. The van der Waals surface area contributed by atoms with Gasteiger partial charge in [0.2, 0.25) is 0 Å². The summed E-state index contributed by atoms with van der Waals surface area (Å²) in [7, 11) is 0. The molecule has 0 saturated carbocycles. The predicted octanol–water partition coefficient (Wildman–Crippen LogP) is 2.19. The summed E-state index contributed by atoms with van der Waals surface area (Å²) >= 11 is 0. The highest BCUT2D eigenvalue weighted by atomic mass is 16.3. The molecular formula is C9H10O2. The van der Waals surface area contributed by atoms with Crippen molar-refractivity contribution in [2.45, 2.75) is 13.8 Å². The number of furan rings is 1. The van der Waals surface area contributed by atoms with Gasteiger partial charge in [-0.1, -0.05) is 0 Å². The molecule has 0 N–H and O–H groups in total. The van der Waals surface area contributed by atoms with Crippen LogP contribution in [0.3, 0.4) is 0 Å². The lowest BCUT2D eigenvalue weighted by molar-refractivity contribution is -0.112. The second-order valence-electron chi connectivity index (χ2n) is 2.38. The van der Waals surface area contributed by atoms with Crippen LogP contribution in [0.1, 0.15) is 18.2 Å². The van der Waals surface area contributed by atoms with Crippen molar-refractivity contribution in [3.63, 3.8) is 0 Å². The van der Waals surface area contributed by atoms with E-state index in [9.17, 15) is 4.79 Å². The molecule has 1 rings (SSSR count). The van der Waals surface area contributed by atoms with Crippen molar-refractivity contribution in [1.82, 2.24) is 0 Å². The van der Waals surface area contributed by atoms with E-state index in [0.29, 0.717) is 0 Å². The highest BCUT2D eigenvalue weighted by Gasteiger charge is 1.94. The molecule has 0 unspecified atom stereocenters. The maximum Gasteiger partial charge on any atom is 0.152 e. The van der Waals surface area contributed by atoms with Crippen LogP contribution >= 0.6 is 0 Å². The minimum absolute atomic E-state index is 0.0469. The van der Waals surface area contributed by atoms with Crippen LogP contribution in [0.5, 0.6) is 0 Å². The van der Waals surface area contributed by atoms with E-state index >= 15 is 0 Å². The van der Waals surface area contributed by atoms with Gasteiger partial charge < -0.3 is 4.42 Å². The van der Waals surface area contributed by atoms with E-state index in [-0.39, 0.29) is 5.78 Å². The molecule has 2 nitrogen and oxygen atoms in total. The molecule has 0 amide bonds. The standard InChI is InChI=1S/C9H10O2/c1-7(10)3-4-9-5-6-11-8(9)2/h3-6H,1-2H3/b4-3+. The van der Waals surface area contributed by atoms with Crippen LogP contribution in [0, 0.1) is 6.92 Å². The zero-order chi connectivity index (χ0) is 8.27. The molecule has 0 fully saturated rings.